The largest absolute Gasteiger partial charge is 0.357 e. The molecule has 1 aliphatic rings. The van der Waals surface area contributed by atoms with Crippen molar-refractivity contribution >= 4 is 28.3 Å². The van der Waals surface area contributed by atoms with Crippen LogP contribution in [0.3, 0.4) is 0 Å². The van der Waals surface area contributed by atoms with Crippen molar-refractivity contribution in [2.24, 2.45) is 5.92 Å². The molecule has 0 bridgehead atoms. The fraction of sp³-hybridized carbons (Fsp3) is 0.407. The van der Waals surface area contributed by atoms with Gasteiger partial charge in [-0.2, -0.15) is 0 Å². The number of hydrogen-bond donors (Lipinski definition) is 1. The highest BCUT2D eigenvalue weighted by molar-refractivity contribution is 6.08. The van der Waals surface area contributed by atoms with Gasteiger partial charge in [-0.05, 0) is 67.0 Å². The van der Waals surface area contributed by atoms with Crippen LogP contribution in [0, 0.1) is 12.8 Å². The molecule has 0 atom stereocenters. The minimum atomic E-state index is -0.118. The van der Waals surface area contributed by atoms with Gasteiger partial charge in [-0.1, -0.05) is 32.9 Å². The van der Waals surface area contributed by atoms with Crippen LogP contribution in [0.5, 0.6) is 0 Å². The standard InChI is InChI=1S/C27H34N4O/c1-6-13-31-24-9-7-21(18(2)3)16-23(24)20(5)26(31)27(32)29-22-8-10-25(28-17-22)30-14-11-19(4)12-15-30/h6-10,16-19H,1,11-15H2,2-5H3,(H,29,32). The number of carbonyl (C=O) groups is 1. The van der Waals surface area contributed by atoms with Crippen molar-refractivity contribution in [1.82, 2.24) is 9.55 Å². The predicted octanol–water partition coefficient (Wildman–Crippen LogP) is 6.14. The fourth-order valence-corrected chi connectivity index (χ4v) is 4.59. The van der Waals surface area contributed by atoms with Crippen LogP contribution < -0.4 is 10.2 Å². The van der Waals surface area contributed by atoms with Crippen LogP contribution in [0.1, 0.15) is 61.1 Å². The number of aromatic nitrogens is 2. The Balaban J connectivity index is 1.60. The molecule has 1 aliphatic heterocycles. The molecule has 168 valence electrons. The number of amides is 1. The van der Waals surface area contributed by atoms with E-state index in [0.29, 0.717) is 23.8 Å². The molecule has 2 aromatic heterocycles. The zero-order chi connectivity index (χ0) is 22.8. The molecule has 3 heterocycles. The van der Waals surface area contributed by atoms with Crippen LogP contribution in [-0.4, -0.2) is 28.5 Å². The molecule has 5 nitrogen and oxygen atoms in total. The zero-order valence-electron chi connectivity index (χ0n) is 19.7. The van der Waals surface area contributed by atoms with E-state index >= 15 is 0 Å². The number of nitrogens with one attached hydrogen (secondary N) is 1. The lowest BCUT2D eigenvalue weighted by Crippen LogP contribution is -2.33. The molecule has 0 spiro atoms. The van der Waals surface area contributed by atoms with E-state index in [9.17, 15) is 4.79 Å². The van der Waals surface area contributed by atoms with Crippen molar-refractivity contribution in [3.8, 4) is 0 Å². The smallest absolute Gasteiger partial charge is 0.272 e. The maximum atomic E-state index is 13.3. The van der Waals surface area contributed by atoms with Crippen LogP contribution in [-0.2, 0) is 6.54 Å². The summed E-state index contributed by atoms with van der Waals surface area (Å²) in [5.41, 5.74) is 4.71. The number of fused-ring (bicyclic) bond motifs is 1. The number of piperidine rings is 1. The molecular weight excluding hydrogens is 396 g/mol. The second kappa shape index (κ2) is 9.19. The second-order valence-corrected chi connectivity index (χ2v) is 9.33. The molecule has 32 heavy (non-hydrogen) atoms. The van der Waals surface area contributed by atoms with Gasteiger partial charge in [0.2, 0.25) is 0 Å². The molecule has 4 rings (SSSR count). The Labute approximate surface area is 191 Å². The first-order valence-corrected chi connectivity index (χ1v) is 11.6. The Morgan fingerprint density at radius 2 is 2.00 bits per heavy atom. The summed E-state index contributed by atoms with van der Waals surface area (Å²) < 4.78 is 2.05. The van der Waals surface area contributed by atoms with Crippen molar-refractivity contribution in [2.75, 3.05) is 23.3 Å². The van der Waals surface area contributed by atoms with Crippen LogP contribution in [0.25, 0.3) is 10.9 Å². The summed E-state index contributed by atoms with van der Waals surface area (Å²) in [5, 5.41) is 4.18. The minimum absolute atomic E-state index is 0.118. The molecule has 1 fully saturated rings. The second-order valence-electron chi connectivity index (χ2n) is 9.33. The van der Waals surface area contributed by atoms with Gasteiger partial charge in [0.05, 0.1) is 11.9 Å². The van der Waals surface area contributed by atoms with Gasteiger partial charge < -0.3 is 14.8 Å². The SMILES string of the molecule is C=CCn1c(C(=O)Nc2ccc(N3CCC(C)CC3)nc2)c(C)c2cc(C(C)C)ccc21. The maximum Gasteiger partial charge on any atom is 0.272 e. The third-order valence-corrected chi connectivity index (χ3v) is 6.65. The average Bonchev–Trinajstić information content (AvgIpc) is 3.06. The van der Waals surface area contributed by atoms with Gasteiger partial charge in [-0.3, -0.25) is 4.79 Å². The monoisotopic (exact) mass is 430 g/mol. The van der Waals surface area contributed by atoms with E-state index in [1.807, 2.05) is 29.7 Å². The highest BCUT2D eigenvalue weighted by Gasteiger charge is 2.21. The van der Waals surface area contributed by atoms with Gasteiger partial charge in [-0.15, -0.1) is 6.58 Å². The Morgan fingerprint density at radius 1 is 1.25 bits per heavy atom. The summed E-state index contributed by atoms with van der Waals surface area (Å²) in [6, 6.07) is 10.4. The van der Waals surface area contributed by atoms with E-state index in [1.165, 1.54) is 18.4 Å². The molecule has 0 aliphatic carbocycles. The van der Waals surface area contributed by atoms with Gasteiger partial charge in [0.25, 0.3) is 5.91 Å². The maximum absolute atomic E-state index is 13.3. The third kappa shape index (κ3) is 4.29. The first-order chi connectivity index (χ1) is 15.4. The minimum Gasteiger partial charge on any atom is -0.357 e. The van der Waals surface area contributed by atoms with E-state index < -0.39 is 0 Å². The topological polar surface area (TPSA) is 50.2 Å². The number of pyridine rings is 1. The summed E-state index contributed by atoms with van der Waals surface area (Å²) in [7, 11) is 0. The van der Waals surface area contributed by atoms with E-state index in [2.05, 4.69) is 60.7 Å². The fourth-order valence-electron chi connectivity index (χ4n) is 4.59. The van der Waals surface area contributed by atoms with Crippen LogP contribution >= 0.6 is 0 Å². The van der Waals surface area contributed by atoms with Gasteiger partial charge >= 0.3 is 0 Å². The lowest BCUT2D eigenvalue weighted by Gasteiger charge is -2.31. The van der Waals surface area contributed by atoms with Gasteiger partial charge in [0.15, 0.2) is 0 Å². The Bertz CT molecular complexity index is 1120. The molecule has 0 radical (unpaired) electrons. The van der Waals surface area contributed by atoms with Crippen molar-refractivity contribution < 1.29 is 4.79 Å². The number of aryl methyl sites for hydroxylation is 1. The summed E-state index contributed by atoms with van der Waals surface area (Å²) in [6.07, 6.45) is 6.00. The molecule has 3 aromatic rings. The van der Waals surface area contributed by atoms with Crippen LogP contribution in [0.15, 0.2) is 49.2 Å². The number of nitrogens with zero attached hydrogens (tertiary/aromatic N) is 3. The van der Waals surface area contributed by atoms with E-state index in [0.717, 1.165) is 41.3 Å². The molecule has 1 N–H and O–H groups in total. The molecular formula is C27H34N4O. The van der Waals surface area contributed by atoms with Crippen molar-refractivity contribution in [1.29, 1.82) is 0 Å². The van der Waals surface area contributed by atoms with Crippen molar-refractivity contribution in [3.05, 3.63) is 66.0 Å². The van der Waals surface area contributed by atoms with Crippen LogP contribution in [0.2, 0.25) is 0 Å². The Kier molecular flexibility index (Phi) is 6.35. The molecule has 1 amide bonds. The quantitative estimate of drug-likeness (QED) is 0.478. The summed E-state index contributed by atoms with van der Waals surface area (Å²) in [5.74, 6) is 2.08. The first kappa shape index (κ1) is 22.1. The molecule has 1 saturated heterocycles. The summed E-state index contributed by atoms with van der Waals surface area (Å²) in [6.45, 7) is 15.3. The number of anilines is 2. The highest BCUT2D eigenvalue weighted by Crippen LogP contribution is 2.30. The van der Waals surface area contributed by atoms with Crippen molar-refractivity contribution in [2.45, 2.75) is 53.0 Å². The third-order valence-electron chi connectivity index (χ3n) is 6.65. The number of hydrogen-bond acceptors (Lipinski definition) is 3. The normalized spacial score (nSPS) is 14.8. The average molecular weight is 431 g/mol. The molecule has 5 heteroatoms. The molecule has 1 aromatic carbocycles. The van der Waals surface area contributed by atoms with Crippen molar-refractivity contribution in [3.63, 3.8) is 0 Å². The summed E-state index contributed by atoms with van der Waals surface area (Å²) in [4.78, 5) is 20.3. The highest BCUT2D eigenvalue weighted by atomic mass is 16.2. The predicted molar refractivity (Wildman–Crippen MR) is 134 cm³/mol. The van der Waals surface area contributed by atoms with E-state index in [-0.39, 0.29) is 5.91 Å². The lowest BCUT2D eigenvalue weighted by atomic mass is 9.99. The van der Waals surface area contributed by atoms with Gasteiger partial charge in [0.1, 0.15) is 11.5 Å². The molecule has 0 saturated carbocycles. The lowest BCUT2D eigenvalue weighted by molar-refractivity contribution is 0.101. The zero-order valence-corrected chi connectivity index (χ0v) is 19.7. The van der Waals surface area contributed by atoms with E-state index in [1.54, 1.807) is 6.20 Å². The number of rotatable bonds is 6. The Morgan fingerprint density at radius 3 is 2.62 bits per heavy atom. The van der Waals surface area contributed by atoms with Gasteiger partial charge in [0, 0.05) is 30.5 Å². The summed E-state index contributed by atoms with van der Waals surface area (Å²) >= 11 is 0. The number of allylic oxidation sites excluding steroid dienone is 1. The number of benzene rings is 1. The number of carbonyl (C=O) groups excluding carboxylic acids is 1. The molecule has 0 unspecified atom stereocenters. The Hall–Kier alpha value is -3.08. The van der Waals surface area contributed by atoms with Gasteiger partial charge in [-0.25, -0.2) is 4.98 Å². The van der Waals surface area contributed by atoms with E-state index in [4.69, 9.17) is 0 Å². The first-order valence-electron chi connectivity index (χ1n) is 11.6. The van der Waals surface area contributed by atoms with Crippen LogP contribution in [0.4, 0.5) is 11.5 Å².